The highest BCUT2D eigenvalue weighted by atomic mass is 79.9. The number of ketones is 1. The molecular formula is C11H11BrFNO. The lowest BCUT2D eigenvalue weighted by Gasteiger charge is -2.03. The molecule has 0 saturated heterocycles. The van der Waals surface area contributed by atoms with Gasteiger partial charge >= 0.3 is 0 Å². The smallest absolute Gasteiger partial charge is 0.190 e. The maximum Gasteiger partial charge on any atom is 0.190 e. The fourth-order valence-corrected chi connectivity index (χ4v) is 1.33. The SMILES string of the molecule is CN(C)C=CC(=O)c1ccc(Br)cc1F. The first kappa shape index (κ1) is 11.9. The lowest BCUT2D eigenvalue weighted by molar-refractivity contribution is 0.104. The Labute approximate surface area is 96.5 Å². The van der Waals surface area contributed by atoms with Crippen LogP contribution in [-0.2, 0) is 0 Å². The van der Waals surface area contributed by atoms with Crippen LogP contribution in [0.15, 0.2) is 34.9 Å². The highest BCUT2D eigenvalue weighted by Gasteiger charge is 2.08. The van der Waals surface area contributed by atoms with Gasteiger partial charge in [0, 0.05) is 30.8 Å². The van der Waals surface area contributed by atoms with Crippen molar-refractivity contribution in [3.8, 4) is 0 Å². The molecule has 1 aromatic carbocycles. The molecule has 0 bridgehead atoms. The average Bonchev–Trinajstić information content (AvgIpc) is 2.14. The van der Waals surface area contributed by atoms with Gasteiger partial charge in [0.25, 0.3) is 0 Å². The summed E-state index contributed by atoms with van der Waals surface area (Å²) in [4.78, 5) is 13.2. The van der Waals surface area contributed by atoms with Crippen LogP contribution in [0.1, 0.15) is 10.4 Å². The molecule has 0 saturated carbocycles. The van der Waals surface area contributed by atoms with Crippen LogP contribution < -0.4 is 0 Å². The summed E-state index contributed by atoms with van der Waals surface area (Å²) in [5.74, 6) is -0.855. The van der Waals surface area contributed by atoms with Crippen molar-refractivity contribution in [3.63, 3.8) is 0 Å². The zero-order valence-electron chi connectivity index (χ0n) is 8.50. The fourth-order valence-electron chi connectivity index (χ4n) is 0.996. The zero-order valence-corrected chi connectivity index (χ0v) is 10.1. The van der Waals surface area contributed by atoms with Gasteiger partial charge < -0.3 is 4.90 Å². The van der Waals surface area contributed by atoms with Gasteiger partial charge in [-0.15, -0.1) is 0 Å². The van der Waals surface area contributed by atoms with Crippen LogP contribution in [-0.4, -0.2) is 24.8 Å². The topological polar surface area (TPSA) is 20.3 Å². The molecule has 80 valence electrons. The summed E-state index contributed by atoms with van der Waals surface area (Å²) in [5, 5.41) is 0. The molecule has 0 amide bonds. The van der Waals surface area contributed by atoms with Gasteiger partial charge in [0.1, 0.15) is 5.82 Å². The Morgan fingerprint density at radius 3 is 2.67 bits per heavy atom. The maximum absolute atomic E-state index is 13.3. The molecule has 0 unspecified atom stereocenters. The molecule has 0 spiro atoms. The quantitative estimate of drug-likeness (QED) is 0.623. The van der Waals surface area contributed by atoms with Crippen LogP contribution >= 0.6 is 15.9 Å². The molecule has 0 aliphatic rings. The normalized spacial score (nSPS) is 10.7. The molecule has 1 rings (SSSR count). The van der Waals surface area contributed by atoms with E-state index < -0.39 is 5.82 Å². The van der Waals surface area contributed by atoms with Crippen molar-refractivity contribution >= 4 is 21.7 Å². The number of carbonyl (C=O) groups is 1. The molecular weight excluding hydrogens is 261 g/mol. The Kier molecular flexibility index (Phi) is 4.03. The molecule has 0 heterocycles. The van der Waals surface area contributed by atoms with Crippen LogP contribution in [0.3, 0.4) is 0 Å². The number of benzene rings is 1. The number of rotatable bonds is 3. The van der Waals surface area contributed by atoms with Gasteiger partial charge in [0.2, 0.25) is 0 Å². The Balaban J connectivity index is 2.92. The summed E-state index contributed by atoms with van der Waals surface area (Å²) in [6.45, 7) is 0. The first-order chi connectivity index (χ1) is 7.00. The van der Waals surface area contributed by atoms with Gasteiger partial charge in [0.05, 0.1) is 5.56 Å². The van der Waals surface area contributed by atoms with Gasteiger partial charge in [0.15, 0.2) is 5.78 Å². The third-order valence-electron chi connectivity index (χ3n) is 1.72. The zero-order chi connectivity index (χ0) is 11.4. The molecule has 0 aromatic heterocycles. The van der Waals surface area contributed by atoms with Gasteiger partial charge in [-0.25, -0.2) is 4.39 Å². The number of allylic oxidation sites excluding steroid dienone is 1. The van der Waals surface area contributed by atoms with Crippen molar-refractivity contribution in [2.75, 3.05) is 14.1 Å². The predicted molar refractivity (Wildman–Crippen MR) is 61.3 cm³/mol. The third kappa shape index (κ3) is 3.47. The number of hydrogen-bond acceptors (Lipinski definition) is 2. The number of carbonyl (C=O) groups excluding carboxylic acids is 1. The van der Waals surface area contributed by atoms with E-state index in [1.165, 1.54) is 18.2 Å². The van der Waals surface area contributed by atoms with Crippen LogP contribution in [0.25, 0.3) is 0 Å². The summed E-state index contributed by atoms with van der Waals surface area (Å²) in [6.07, 6.45) is 2.93. The van der Waals surface area contributed by atoms with Gasteiger partial charge in [-0.2, -0.15) is 0 Å². The summed E-state index contributed by atoms with van der Waals surface area (Å²) in [6, 6.07) is 4.37. The van der Waals surface area contributed by atoms with Crippen molar-refractivity contribution in [3.05, 3.63) is 46.3 Å². The molecule has 15 heavy (non-hydrogen) atoms. The average molecular weight is 272 g/mol. The van der Waals surface area contributed by atoms with Crippen molar-refractivity contribution in [1.29, 1.82) is 0 Å². The second-order valence-corrected chi connectivity index (χ2v) is 4.18. The molecule has 1 aromatic rings. The summed E-state index contributed by atoms with van der Waals surface area (Å²) >= 11 is 3.13. The Morgan fingerprint density at radius 1 is 1.47 bits per heavy atom. The molecule has 4 heteroatoms. The van der Waals surface area contributed by atoms with E-state index in [1.807, 2.05) is 0 Å². The van der Waals surface area contributed by atoms with E-state index in [0.29, 0.717) is 4.47 Å². The summed E-state index contributed by atoms with van der Waals surface area (Å²) < 4.78 is 13.9. The van der Waals surface area contributed by atoms with Gasteiger partial charge in [-0.05, 0) is 18.2 Å². The van der Waals surface area contributed by atoms with Crippen molar-refractivity contribution in [2.24, 2.45) is 0 Å². The minimum absolute atomic E-state index is 0.0799. The number of hydrogen-bond donors (Lipinski definition) is 0. The molecule has 0 fully saturated rings. The largest absolute Gasteiger partial charge is 0.383 e. The second-order valence-electron chi connectivity index (χ2n) is 3.27. The van der Waals surface area contributed by atoms with E-state index >= 15 is 0 Å². The molecule has 0 atom stereocenters. The minimum atomic E-state index is -0.516. The highest BCUT2D eigenvalue weighted by Crippen LogP contribution is 2.15. The molecule has 0 N–H and O–H groups in total. The van der Waals surface area contributed by atoms with E-state index in [-0.39, 0.29) is 11.3 Å². The second kappa shape index (κ2) is 5.07. The lowest BCUT2D eigenvalue weighted by atomic mass is 10.1. The first-order valence-electron chi connectivity index (χ1n) is 4.34. The van der Waals surface area contributed by atoms with Crippen LogP contribution in [0.4, 0.5) is 4.39 Å². The first-order valence-corrected chi connectivity index (χ1v) is 5.14. The van der Waals surface area contributed by atoms with Crippen LogP contribution in [0.2, 0.25) is 0 Å². The fraction of sp³-hybridized carbons (Fsp3) is 0.182. The van der Waals surface area contributed by atoms with Crippen molar-refractivity contribution in [1.82, 2.24) is 4.90 Å². The number of nitrogens with zero attached hydrogens (tertiary/aromatic N) is 1. The van der Waals surface area contributed by atoms with E-state index in [0.717, 1.165) is 0 Å². The standard InChI is InChI=1S/C11H11BrFNO/c1-14(2)6-5-11(15)9-4-3-8(12)7-10(9)13/h3-7H,1-2H3. The van der Waals surface area contributed by atoms with Crippen molar-refractivity contribution in [2.45, 2.75) is 0 Å². The Bertz CT molecular complexity index is 402. The minimum Gasteiger partial charge on any atom is -0.383 e. The van der Waals surface area contributed by atoms with E-state index in [2.05, 4.69) is 15.9 Å². The third-order valence-corrected chi connectivity index (χ3v) is 2.21. The molecule has 2 nitrogen and oxygen atoms in total. The van der Waals surface area contributed by atoms with E-state index in [1.54, 1.807) is 31.3 Å². The Hall–Kier alpha value is -1.16. The number of halogens is 2. The molecule has 0 aliphatic carbocycles. The lowest BCUT2D eigenvalue weighted by Crippen LogP contribution is -2.04. The molecule has 0 aliphatic heterocycles. The maximum atomic E-state index is 13.3. The predicted octanol–water partition coefficient (Wildman–Crippen LogP) is 2.85. The van der Waals surface area contributed by atoms with Gasteiger partial charge in [-0.3, -0.25) is 4.79 Å². The monoisotopic (exact) mass is 271 g/mol. The summed E-state index contributed by atoms with van der Waals surface area (Å²) in [5.41, 5.74) is 0.0799. The van der Waals surface area contributed by atoms with Gasteiger partial charge in [-0.1, -0.05) is 15.9 Å². The van der Waals surface area contributed by atoms with Crippen LogP contribution in [0, 0.1) is 5.82 Å². The summed E-state index contributed by atoms with van der Waals surface area (Å²) in [7, 11) is 3.59. The highest BCUT2D eigenvalue weighted by molar-refractivity contribution is 9.10. The van der Waals surface area contributed by atoms with E-state index in [9.17, 15) is 9.18 Å². The van der Waals surface area contributed by atoms with E-state index in [4.69, 9.17) is 0 Å². The molecule has 0 radical (unpaired) electrons. The van der Waals surface area contributed by atoms with Crippen LogP contribution in [0.5, 0.6) is 0 Å². The Morgan fingerprint density at radius 2 is 2.13 bits per heavy atom. The van der Waals surface area contributed by atoms with Crippen molar-refractivity contribution < 1.29 is 9.18 Å².